The molecule has 29 heavy (non-hydrogen) atoms. The van der Waals surface area contributed by atoms with Gasteiger partial charge in [-0.05, 0) is 45.2 Å². The number of amides is 1. The van der Waals surface area contributed by atoms with E-state index >= 15 is 0 Å². The molecule has 6 unspecified atom stereocenters. The molecule has 0 aromatic carbocycles. The van der Waals surface area contributed by atoms with Gasteiger partial charge in [0.1, 0.15) is 11.5 Å². The third-order valence-corrected chi connectivity index (χ3v) is 7.89. The van der Waals surface area contributed by atoms with E-state index in [1.54, 1.807) is 0 Å². The summed E-state index contributed by atoms with van der Waals surface area (Å²) in [5, 5.41) is 7.88. The number of nitrogens with zero attached hydrogens (tertiary/aromatic N) is 1. The molecular formula is C17H30ClF3N6OS. The van der Waals surface area contributed by atoms with Crippen LogP contribution in [0.15, 0.2) is 0 Å². The average molecular weight is 459 g/mol. The molecule has 3 aliphatic rings. The first-order valence-electron chi connectivity index (χ1n) is 10.00. The van der Waals surface area contributed by atoms with Crippen molar-refractivity contribution >= 4 is 29.3 Å². The number of rotatable bonds is 5. The van der Waals surface area contributed by atoms with E-state index in [1.165, 1.54) is 0 Å². The zero-order valence-electron chi connectivity index (χ0n) is 16.6. The molecule has 3 aliphatic heterocycles. The van der Waals surface area contributed by atoms with Crippen LogP contribution in [0.25, 0.3) is 0 Å². The van der Waals surface area contributed by atoms with Crippen molar-refractivity contribution in [3.05, 3.63) is 0 Å². The molecule has 3 heterocycles. The first kappa shape index (κ1) is 23.4. The molecule has 5 N–H and O–H groups in total. The van der Waals surface area contributed by atoms with Crippen LogP contribution in [0.5, 0.6) is 0 Å². The molecule has 0 bridgehead atoms. The van der Waals surface area contributed by atoms with Gasteiger partial charge in [0.25, 0.3) is 0 Å². The Hall–Kier alpha value is -0.300. The van der Waals surface area contributed by atoms with Gasteiger partial charge in [-0.1, -0.05) is 6.92 Å². The maximum Gasteiger partial charge on any atom is 0.405 e. The largest absolute Gasteiger partial charge is 0.405 e. The summed E-state index contributed by atoms with van der Waals surface area (Å²) in [6.07, 6.45) is -2.52. The number of hydrazine groups is 1. The van der Waals surface area contributed by atoms with Gasteiger partial charge < -0.3 is 5.32 Å². The molecule has 0 aromatic rings. The van der Waals surface area contributed by atoms with Crippen LogP contribution in [0, 0.1) is 5.92 Å². The number of halogens is 4. The van der Waals surface area contributed by atoms with Gasteiger partial charge in [0.05, 0.1) is 24.3 Å². The zero-order valence-corrected chi connectivity index (χ0v) is 18.1. The number of piperidine rings is 2. The number of hydrogen-bond acceptors (Lipinski definition) is 7. The number of thioether (sulfide) groups is 1. The van der Waals surface area contributed by atoms with E-state index in [9.17, 15) is 18.0 Å². The van der Waals surface area contributed by atoms with Gasteiger partial charge in [-0.3, -0.25) is 20.3 Å². The van der Waals surface area contributed by atoms with Gasteiger partial charge in [0.2, 0.25) is 5.91 Å². The average Bonchev–Trinajstić information content (AvgIpc) is 3.06. The fraction of sp³-hybridized carbons (Fsp3) is 0.941. The number of carbonyl (C=O) groups is 1. The fourth-order valence-corrected chi connectivity index (χ4v) is 5.71. The van der Waals surface area contributed by atoms with Crippen LogP contribution in [0.3, 0.4) is 0 Å². The molecular weight excluding hydrogens is 429 g/mol. The van der Waals surface area contributed by atoms with Crippen LogP contribution in [0.2, 0.25) is 0 Å². The van der Waals surface area contributed by atoms with Crippen molar-refractivity contribution in [1.82, 2.24) is 31.7 Å². The highest BCUT2D eigenvalue weighted by Gasteiger charge is 2.48. The predicted octanol–water partition coefficient (Wildman–Crippen LogP) is 1.12. The first-order chi connectivity index (χ1) is 13.6. The van der Waals surface area contributed by atoms with Crippen molar-refractivity contribution in [1.29, 1.82) is 0 Å². The maximum atomic E-state index is 13.1. The smallest absolute Gasteiger partial charge is 0.339 e. The maximum absolute atomic E-state index is 13.1. The van der Waals surface area contributed by atoms with Crippen LogP contribution < -0.4 is 26.8 Å². The van der Waals surface area contributed by atoms with E-state index in [0.717, 1.165) is 26.1 Å². The van der Waals surface area contributed by atoms with Crippen molar-refractivity contribution in [3.63, 3.8) is 0 Å². The number of alkyl halides is 4. The van der Waals surface area contributed by atoms with Crippen LogP contribution in [-0.2, 0) is 4.79 Å². The third-order valence-electron chi connectivity index (χ3n) is 5.87. The Bertz CT molecular complexity index is 574. The minimum absolute atomic E-state index is 0.154. The van der Waals surface area contributed by atoms with Crippen LogP contribution >= 0.6 is 23.4 Å². The summed E-state index contributed by atoms with van der Waals surface area (Å²) in [6, 6.07) is -2.74. The number of carbonyl (C=O) groups excluding carboxylic acids is 1. The van der Waals surface area contributed by atoms with Gasteiger partial charge in [0, 0.05) is 5.25 Å². The summed E-state index contributed by atoms with van der Waals surface area (Å²) >= 11 is 7.66. The summed E-state index contributed by atoms with van der Waals surface area (Å²) in [5.74, 6) is -0.000485. The van der Waals surface area contributed by atoms with Gasteiger partial charge >= 0.3 is 6.18 Å². The topological polar surface area (TPSA) is 80.5 Å². The van der Waals surface area contributed by atoms with Crippen molar-refractivity contribution < 1.29 is 18.0 Å². The predicted molar refractivity (Wildman–Crippen MR) is 108 cm³/mol. The van der Waals surface area contributed by atoms with E-state index in [0.29, 0.717) is 17.6 Å². The molecule has 0 aromatic heterocycles. The number of hydrogen-bond donors (Lipinski definition) is 5. The molecule has 7 atom stereocenters. The zero-order chi connectivity index (χ0) is 21.2. The first-order valence-corrected chi connectivity index (χ1v) is 11.4. The quantitative estimate of drug-likeness (QED) is 0.395. The van der Waals surface area contributed by atoms with Gasteiger partial charge in [0.15, 0.2) is 0 Å². The Kier molecular flexibility index (Phi) is 7.96. The highest BCUT2D eigenvalue weighted by atomic mass is 35.5. The summed E-state index contributed by atoms with van der Waals surface area (Å²) in [7, 11) is 2.04. The standard InChI is InChI=1S/C17H30ClF3N6OS/c1-9(29-16-26-23-8-27(16)2)10-5-6-22-13(7-10)25-15(28)12-4-3-11(18)14(24-12)17(19,20)21/h9-14,16,22-24,26H,3-8H2,1-2H3,(H,25,28)/t9-,10?,11?,12?,13?,14?,16?/m0/s1. The Morgan fingerprint density at radius 2 is 2.07 bits per heavy atom. The second-order valence-electron chi connectivity index (χ2n) is 8.06. The van der Waals surface area contributed by atoms with Crippen LogP contribution in [0.1, 0.15) is 32.6 Å². The van der Waals surface area contributed by atoms with Crippen molar-refractivity contribution in [2.75, 3.05) is 20.3 Å². The molecule has 1 amide bonds. The lowest BCUT2D eigenvalue weighted by Gasteiger charge is -2.38. The second kappa shape index (κ2) is 9.88. The van der Waals surface area contributed by atoms with E-state index in [4.69, 9.17) is 11.6 Å². The van der Waals surface area contributed by atoms with Crippen LogP contribution in [0.4, 0.5) is 13.2 Å². The minimum Gasteiger partial charge on any atom is -0.339 e. The third kappa shape index (κ3) is 6.11. The molecule has 0 saturated carbocycles. The van der Waals surface area contributed by atoms with Gasteiger partial charge in [-0.25, -0.2) is 10.9 Å². The van der Waals surface area contributed by atoms with E-state index < -0.39 is 29.5 Å². The molecule has 0 radical (unpaired) electrons. The van der Waals surface area contributed by atoms with Crippen molar-refractivity contribution in [2.45, 2.75) is 73.2 Å². The molecule has 7 nitrogen and oxygen atoms in total. The van der Waals surface area contributed by atoms with Crippen molar-refractivity contribution in [3.8, 4) is 0 Å². The van der Waals surface area contributed by atoms with Gasteiger partial charge in [-0.15, -0.1) is 23.4 Å². The van der Waals surface area contributed by atoms with E-state index in [2.05, 4.69) is 38.6 Å². The van der Waals surface area contributed by atoms with E-state index in [-0.39, 0.29) is 18.1 Å². The monoisotopic (exact) mass is 458 g/mol. The summed E-state index contributed by atoms with van der Waals surface area (Å²) in [6.45, 7) is 3.73. The SMILES string of the molecule is C[C@H](SC1NNCN1C)C1CCNC(NC(=O)C2CCC(Cl)C(C(F)(F)F)N2)C1. The lowest BCUT2D eigenvalue weighted by molar-refractivity contribution is -0.163. The summed E-state index contributed by atoms with van der Waals surface area (Å²) in [4.78, 5) is 14.8. The molecule has 0 spiro atoms. The number of nitrogens with one attached hydrogen (secondary N) is 5. The Labute approximate surface area is 178 Å². The van der Waals surface area contributed by atoms with Crippen LogP contribution in [-0.4, -0.2) is 71.6 Å². The molecule has 12 heteroatoms. The van der Waals surface area contributed by atoms with E-state index in [1.807, 2.05) is 18.8 Å². The summed E-state index contributed by atoms with van der Waals surface area (Å²) in [5.41, 5.74) is 6.53. The van der Waals surface area contributed by atoms with Crippen molar-refractivity contribution in [2.24, 2.45) is 5.92 Å². The highest BCUT2D eigenvalue weighted by molar-refractivity contribution is 8.00. The Balaban J connectivity index is 1.50. The summed E-state index contributed by atoms with van der Waals surface area (Å²) < 4.78 is 39.3. The minimum atomic E-state index is -4.47. The molecule has 0 aliphatic carbocycles. The molecule has 168 valence electrons. The second-order valence-corrected chi connectivity index (χ2v) is 10.1. The fourth-order valence-electron chi connectivity index (χ4n) is 4.06. The highest BCUT2D eigenvalue weighted by Crippen LogP contribution is 2.33. The molecule has 3 fully saturated rings. The van der Waals surface area contributed by atoms with Gasteiger partial charge in [-0.2, -0.15) is 13.2 Å². The molecule has 3 saturated heterocycles. The normalized spacial score (nSPS) is 38.0. The Morgan fingerprint density at radius 1 is 1.31 bits per heavy atom. The lowest BCUT2D eigenvalue weighted by atomic mass is 9.92. The lowest BCUT2D eigenvalue weighted by Crippen LogP contribution is -2.62. The Morgan fingerprint density at radius 3 is 2.72 bits per heavy atom. The molecule has 3 rings (SSSR count).